The van der Waals surface area contributed by atoms with Gasteiger partial charge in [-0.05, 0) is 49.3 Å². The van der Waals surface area contributed by atoms with Crippen LogP contribution in [0, 0.1) is 17.7 Å². The number of aliphatic hydroxyl groups excluding tert-OH is 1. The highest BCUT2D eigenvalue weighted by Gasteiger charge is 2.58. The summed E-state index contributed by atoms with van der Waals surface area (Å²) in [5.74, 6) is -0.0410. The zero-order valence-corrected chi connectivity index (χ0v) is 15.2. The van der Waals surface area contributed by atoms with Gasteiger partial charge < -0.3 is 14.6 Å². The molecule has 1 aliphatic heterocycles. The fraction of sp³-hybridized carbons (Fsp3) is 0.571. The van der Waals surface area contributed by atoms with Gasteiger partial charge in [0.25, 0.3) is 0 Å². The van der Waals surface area contributed by atoms with Crippen molar-refractivity contribution in [2.24, 2.45) is 11.8 Å². The van der Waals surface area contributed by atoms with Gasteiger partial charge in [0.15, 0.2) is 0 Å². The number of esters is 1. The van der Waals surface area contributed by atoms with E-state index in [0.29, 0.717) is 13.0 Å². The van der Waals surface area contributed by atoms with Crippen molar-refractivity contribution in [3.05, 3.63) is 47.8 Å². The van der Waals surface area contributed by atoms with Gasteiger partial charge in [0.1, 0.15) is 5.82 Å². The smallest absolute Gasteiger partial charge is 0.305 e. The largest absolute Gasteiger partial charge is 0.469 e. The monoisotopic (exact) mass is 362 g/mol. The summed E-state index contributed by atoms with van der Waals surface area (Å²) < 4.78 is 23.9. The Balaban J connectivity index is 1.67. The number of aliphatic hydroxyl groups is 1. The Bertz CT molecular complexity index is 642. The third-order valence-electron chi connectivity index (χ3n) is 5.99. The average Bonchev–Trinajstić information content (AvgIpc) is 3.22. The first kappa shape index (κ1) is 19.1. The van der Waals surface area contributed by atoms with Gasteiger partial charge in [-0.3, -0.25) is 4.79 Å². The molecule has 2 aliphatic rings. The number of allylic oxidation sites excluding steroid dienone is 2. The molecule has 1 N–H and O–H groups in total. The van der Waals surface area contributed by atoms with Crippen molar-refractivity contribution in [3.63, 3.8) is 0 Å². The van der Waals surface area contributed by atoms with E-state index in [2.05, 4.69) is 16.9 Å². The fourth-order valence-electron chi connectivity index (χ4n) is 4.60. The first-order valence-corrected chi connectivity index (χ1v) is 9.31. The van der Waals surface area contributed by atoms with Crippen LogP contribution in [-0.2, 0) is 19.7 Å². The summed E-state index contributed by atoms with van der Waals surface area (Å²) >= 11 is 0. The lowest BCUT2D eigenvalue weighted by molar-refractivity contribution is -0.140. The molecule has 1 heterocycles. The van der Waals surface area contributed by atoms with E-state index >= 15 is 0 Å². The summed E-state index contributed by atoms with van der Waals surface area (Å²) in [6.07, 6.45) is 8.08. The minimum absolute atomic E-state index is 0.0720. The van der Waals surface area contributed by atoms with Crippen LogP contribution in [0.15, 0.2) is 36.4 Å². The fourth-order valence-corrected chi connectivity index (χ4v) is 4.60. The van der Waals surface area contributed by atoms with Crippen molar-refractivity contribution in [1.82, 2.24) is 0 Å². The Morgan fingerprint density at radius 3 is 2.85 bits per heavy atom. The van der Waals surface area contributed by atoms with E-state index in [4.69, 9.17) is 4.74 Å². The maximum atomic E-state index is 13.3. The lowest BCUT2D eigenvalue weighted by Crippen LogP contribution is -2.40. The summed E-state index contributed by atoms with van der Waals surface area (Å²) in [5, 5.41) is 9.88. The van der Waals surface area contributed by atoms with Crippen molar-refractivity contribution in [2.75, 3.05) is 20.3 Å². The molecule has 0 spiro atoms. The van der Waals surface area contributed by atoms with Gasteiger partial charge in [0.05, 0.1) is 19.8 Å². The van der Waals surface area contributed by atoms with E-state index in [1.165, 1.54) is 19.2 Å². The molecule has 2 fully saturated rings. The predicted octanol–water partition coefficient (Wildman–Crippen LogP) is 3.38. The minimum atomic E-state index is -0.237. The summed E-state index contributed by atoms with van der Waals surface area (Å²) in [5.41, 5.74) is 0.948. The third-order valence-corrected chi connectivity index (χ3v) is 5.99. The van der Waals surface area contributed by atoms with Crippen molar-refractivity contribution in [1.29, 1.82) is 0 Å². The van der Waals surface area contributed by atoms with Crippen LogP contribution in [0.2, 0.25) is 0 Å². The zero-order chi connectivity index (χ0) is 18.6. The van der Waals surface area contributed by atoms with Gasteiger partial charge in [-0.1, -0.05) is 24.3 Å². The molecular formula is C21H27FO4. The van der Waals surface area contributed by atoms with E-state index < -0.39 is 0 Å². The molecule has 1 aromatic carbocycles. The number of hydrogen-bond donors (Lipinski definition) is 1. The molecule has 1 saturated heterocycles. The van der Waals surface area contributed by atoms with Crippen LogP contribution >= 0.6 is 0 Å². The summed E-state index contributed by atoms with van der Waals surface area (Å²) in [7, 11) is 1.40. The van der Waals surface area contributed by atoms with Gasteiger partial charge in [-0.15, -0.1) is 0 Å². The molecule has 1 saturated carbocycles. The number of fused-ring (bicyclic) bond motifs is 2. The van der Waals surface area contributed by atoms with Crippen LogP contribution < -0.4 is 0 Å². The molecule has 0 aromatic heterocycles. The number of unbranched alkanes of at least 4 members (excludes halogenated alkanes) is 1. The van der Waals surface area contributed by atoms with Gasteiger partial charge in [0.2, 0.25) is 0 Å². The maximum absolute atomic E-state index is 13.3. The Hall–Kier alpha value is -1.72. The quantitative estimate of drug-likeness (QED) is 0.438. The van der Waals surface area contributed by atoms with E-state index in [0.717, 1.165) is 31.2 Å². The molecule has 1 aliphatic carbocycles. The molecule has 4 atom stereocenters. The predicted molar refractivity (Wildman–Crippen MR) is 96.1 cm³/mol. The van der Waals surface area contributed by atoms with Crippen LogP contribution in [0.1, 0.15) is 37.7 Å². The highest BCUT2D eigenvalue weighted by atomic mass is 19.1. The second-order valence-corrected chi connectivity index (χ2v) is 7.35. The first-order chi connectivity index (χ1) is 12.6. The number of ether oxygens (including phenoxy) is 2. The second kappa shape index (κ2) is 8.31. The van der Waals surface area contributed by atoms with Gasteiger partial charge >= 0.3 is 5.97 Å². The molecule has 1 aromatic rings. The molecule has 0 unspecified atom stereocenters. The number of methoxy groups -OCH3 is 1. The second-order valence-electron chi connectivity index (χ2n) is 7.35. The van der Waals surface area contributed by atoms with E-state index in [1.54, 1.807) is 0 Å². The highest BCUT2D eigenvalue weighted by Crippen LogP contribution is 2.56. The van der Waals surface area contributed by atoms with E-state index in [1.807, 2.05) is 12.1 Å². The highest BCUT2D eigenvalue weighted by molar-refractivity contribution is 5.69. The first-order valence-electron chi connectivity index (χ1n) is 9.31. The molecule has 0 amide bonds. The standard InChI is InChI=1S/C21H27FO4/c1-25-20(24)7-5-3-2-4-6-18-17(13-23)19-12-21(18,14-26-19)15-8-10-16(22)11-9-15/h2,4,8-11,17-19,23H,3,5-7,12-14H2,1H3/t17-,18-,19-,21-/m0/s1. The lowest BCUT2D eigenvalue weighted by Gasteiger charge is -2.38. The molecule has 142 valence electrons. The van der Waals surface area contributed by atoms with Crippen molar-refractivity contribution in [2.45, 2.75) is 43.6 Å². The zero-order valence-electron chi connectivity index (χ0n) is 15.2. The van der Waals surface area contributed by atoms with Crippen LogP contribution in [0.25, 0.3) is 0 Å². The number of carbonyl (C=O) groups excluding carboxylic acids is 1. The SMILES string of the molecule is COC(=O)CCCC=CC[C@H]1[C@H](CO)[C@@H]2C[C@@]1(c1ccc(F)cc1)CO2. The Kier molecular flexibility index (Phi) is 6.09. The van der Waals surface area contributed by atoms with Crippen molar-refractivity contribution in [3.8, 4) is 0 Å². The van der Waals surface area contributed by atoms with E-state index in [-0.39, 0.29) is 41.7 Å². The van der Waals surface area contributed by atoms with Gasteiger partial charge in [0, 0.05) is 24.4 Å². The summed E-state index contributed by atoms with van der Waals surface area (Å²) in [4.78, 5) is 11.1. The Morgan fingerprint density at radius 2 is 2.15 bits per heavy atom. The number of halogens is 1. The van der Waals surface area contributed by atoms with Crippen LogP contribution in [0.4, 0.5) is 4.39 Å². The lowest BCUT2D eigenvalue weighted by atomic mass is 9.69. The third kappa shape index (κ3) is 3.69. The Labute approximate surface area is 154 Å². The molecule has 5 heteroatoms. The summed E-state index contributed by atoms with van der Waals surface area (Å²) in [6.45, 7) is 0.731. The van der Waals surface area contributed by atoms with Crippen molar-refractivity contribution < 1.29 is 23.8 Å². The van der Waals surface area contributed by atoms with Gasteiger partial charge in [-0.25, -0.2) is 4.39 Å². The number of rotatable bonds is 8. The number of hydrogen-bond acceptors (Lipinski definition) is 4. The van der Waals surface area contributed by atoms with Crippen molar-refractivity contribution >= 4 is 5.97 Å². The molecule has 26 heavy (non-hydrogen) atoms. The van der Waals surface area contributed by atoms with Gasteiger partial charge in [-0.2, -0.15) is 0 Å². The Morgan fingerprint density at radius 1 is 1.38 bits per heavy atom. The minimum Gasteiger partial charge on any atom is -0.469 e. The molecule has 2 bridgehead atoms. The van der Waals surface area contributed by atoms with E-state index in [9.17, 15) is 14.3 Å². The molecule has 0 radical (unpaired) electrons. The normalized spacial score (nSPS) is 30.2. The average molecular weight is 362 g/mol. The van der Waals surface area contributed by atoms with Crippen LogP contribution in [0.5, 0.6) is 0 Å². The number of carbonyl (C=O) groups is 1. The number of benzene rings is 1. The molecule has 3 rings (SSSR count). The van der Waals surface area contributed by atoms with Crippen LogP contribution in [-0.4, -0.2) is 37.5 Å². The maximum Gasteiger partial charge on any atom is 0.305 e. The molecule has 4 nitrogen and oxygen atoms in total. The topological polar surface area (TPSA) is 55.8 Å². The summed E-state index contributed by atoms with van der Waals surface area (Å²) in [6, 6.07) is 6.72. The molecular weight excluding hydrogens is 335 g/mol. The van der Waals surface area contributed by atoms with Crippen LogP contribution in [0.3, 0.4) is 0 Å².